The van der Waals surface area contributed by atoms with E-state index in [1.165, 1.54) is 12.3 Å². The number of hydrogen-bond acceptors (Lipinski definition) is 3. The minimum absolute atomic E-state index is 0.245. The number of carboxylic acids is 1. The lowest BCUT2D eigenvalue weighted by molar-refractivity contribution is -0.131. The minimum atomic E-state index is -1.18. The Morgan fingerprint density at radius 3 is 2.80 bits per heavy atom. The highest BCUT2D eigenvalue weighted by atomic mass is 35.5. The summed E-state index contributed by atoms with van der Waals surface area (Å²) in [6, 6.07) is 2.99. The van der Waals surface area contributed by atoms with Crippen LogP contribution in [0, 0.1) is 0 Å². The van der Waals surface area contributed by atoms with Gasteiger partial charge < -0.3 is 10.4 Å². The summed E-state index contributed by atoms with van der Waals surface area (Å²) in [5.41, 5.74) is 0.454. The Morgan fingerprint density at radius 2 is 2.20 bits per heavy atom. The van der Waals surface area contributed by atoms with Gasteiger partial charge in [0.15, 0.2) is 0 Å². The van der Waals surface area contributed by atoms with Gasteiger partial charge in [0.05, 0.1) is 0 Å². The second-order valence-corrected chi connectivity index (χ2v) is 2.92. The van der Waals surface area contributed by atoms with Gasteiger partial charge >= 0.3 is 5.97 Å². The lowest BCUT2D eigenvalue weighted by Crippen LogP contribution is -2.08. The summed E-state index contributed by atoms with van der Waals surface area (Å²) in [5.74, 6) is -1.72. The van der Waals surface area contributed by atoms with Crippen molar-refractivity contribution in [1.29, 1.82) is 0 Å². The van der Waals surface area contributed by atoms with Crippen LogP contribution >= 0.6 is 11.6 Å². The van der Waals surface area contributed by atoms with E-state index in [9.17, 15) is 9.59 Å². The van der Waals surface area contributed by atoms with Crippen molar-refractivity contribution in [2.75, 3.05) is 5.32 Å². The number of carbonyl (C=O) groups excluding carboxylic acids is 1. The third kappa shape index (κ3) is 4.24. The molecule has 6 heteroatoms. The highest BCUT2D eigenvalue weighted by Crippen LogP contribution is 2.11. The molecule has 78 valence electrons. The number of hydrogen-bond donors (Lipinski definition) is 2. The van der Waals surface area contributed by atoms with Gasteiger partial charge in [0.25, 0.3) is 0 Å². The molecule has 0 unspecified atom stereocenters. The maximum atomic E-state index is 11.1. The second kappa shape index (κ2) is 5.11. The van der Waals surface area contributed by atoms with Crippen LogP contribution in [0.5, 0.6) is 0 Å². The zero-order valence-corrected chi connectivity index (χ0v) is 8.23. The molecule has 0 saturated carbocycles. The zero-order chi connectivity index (χ0) is 11.3. The number of amides is 1. The smallest absolute Gasteiger partial charge is 0.328 e. The lowest BCUT2D eigenvalue weighted by atomic mass is 10.4. The van der Waals surface area contributed by atoms with Crippen LogP contribution < -0.4 is 5.32 Å². The topological polar surface area (TPSA) is 79.3 Å². The van der Waals surface area contributed by atoms with Crippen molar-refractivity contribution in [1.82, 2.24) is 4.98 Å². The van der Waals surface area contributed by atoms with E-state index in [1.54, 1.807) is 6.07 Å². The molecule has 1 amide bonds. The number of aromatic nitrogens is 1. The summed E-state index contributed by atoms with van der Waals surface area (Å²) in [6.45, 7) is 0. The predicted molar refractivity (Wildman–Crippen MR) is 54.7 cm³/mol. The van der Waals surface area contributed by atoms with Crippen molar-refractivity contribution >= 4 is 29.2 Å². The zero-order valence-electron chi connectivity index (χ0n) is 7.48. The maximum Gasteiger partial charge on any atom is 0.328 e. The van der Waals surface area contributed by atoms with Crippen molar-refractivity contribution < 1.29 is 14.7 Å². The molecular formula is C9H7ClN2O3. The summed E-state index contributed by atoms with van der Waals surface area (Å²) in [7, 11) is 0. The Hall–Kier alpha value is -1.88. The van der Waals surface area contributed by atoms with E-state index in [2.05, 4.69) is 10.3 Å². The molecule has 5 nitrogen and oxygen atoms in total. The normalized spacial score (nSPS) is 10.2. The fraction of sp³-hybridized carbons (Fsp3) is 0. The fourth-order valence-corrected chi connectivity index (χ4v) is 0.985. The minimum Gasteiger partial charge on any atom is -0.478 e. The average molecular weight is 227 g/mol. The summed E-state index contributed by atoms with van der Waals surface area (Å²) in [5, 5.41) is 10.9. The number of carboxylic acid groups (broad SMARTS) is 1. The number of rotatable bonds is 3. The third-order valence-electron chi connectivity index (χ3n) is 1.37. The van der Waals surface area contributed by atoms with E-state index in [4.69, 9.17) is 16.7 Å². The van der Waals surface area contributed by atoms with Crippen molar-refractivity contribution in [3.05, 3.63) is 35.6 Å². The van der Waals surface area contributed by atoms with Crippen LogP contribution in [0.4, 0.5) is 5.69 Å². The molecule has 0 atom stereocenters. The molecule has 0 aromatic carbocycles. The van der Waals surface area contributed by atoms with E-state index < -0.39 is 11.9 Å². The van der Waals surface area contributed by atoms with Gasteiger partial charge in [-0.1, -0.05) is 11.6 Å². The molecule has 0 saturated heterocycles. The van der Waals surface area contributed by atoms with E-state index in [0.717, 1.165) is 12.2 Å². The molecule has 0 radical (unpaired) electrons. The van der Waals surface area contributed by atoms with Crippen molar-refractivity contribution in [3.63, 3.8) is 0 Å². The fourth-order valence-electron chi connectivity index (χ4n) is 0.811. The average Bonchev–Trinajstić information content (AvgIpc) is 2.15. The summed E-state index contributed by atoms with van der Waals surface area (Å²) >= 11 is 5.58. The van der Waals surface area contributed by atoms with Crippen molar-refractivity contribution in [2.45, 2.75) is 0 Å². The molecule has 1 rings (SSSR count). The molecule has 0 aliphatic heterocycles. The van der Waals surface area contributed by atoms with Crippen LogP contribution in [0.25, 0.3) is 0 Å². The number of aliphatic carboxylic acids is 1. The first-order chi connectivity index (χ1) is 7.08. The summed E-state index contributed by atoms with van der Waals surface area (Å²) in [4.78, 5) is 24.9. The van der Waals surface area contributed by atoms with Gasteiger partial charge in [-0.25, -0.2) is 9.78 Å². The van der Waals surface area contributed by atoms with E-state index in [-0.39, 0.29) is 5.15 Å². The Balaban J connectivity index is 2.63. The SMILES string of the molecule is O=C(O)/C=C\C(=O)Nc1ccnc(Cl)c1. The van der Waals surface area contributed by atoms with Gasteiger partial charge in [0.1, 0.15) is 5.15 Å². The lowest BCUT2D eigenvalue weighted by Gasteiger charge is -2.00. The van der Waals surface area contributed by atoms with E-state index >= 15 is 0 Å². The van der Waals surface area contributed by atoms with Gasteiger partial charge in [0.2, 0.25) is 5.91 Å². The number of carbonyl (C=O) groups is 2. The summed E-state index contributed by atoms with van der Waals surface area (Å²) in [6.07, 6.45) is 3.09. The van der Waals surface area contributed by atoms with Crippen LogP contribution in [0.15, 0.2) is 30.5 Å². The maximum absolute atomic E-state index is 11.1. The summed E-state index contributed by atoms with van der Waals surface area (Å²) < 4.78 is 0. The van der Waals surface area contributed by atoms with E-state index in [1.807, 2.05) is 0 Å². The van der Waals surface area contributed by atoms with Crippen LogP contribution in [-0.2, 0) is 9.59 Å². The molecule has 0 aliphatic carbocycles. The molecule has 15 heavy (non-hydrogen) atoms. The molecule has 0 aliphatic rings. The molecule has 0 fully saturated rings. The second-order valence-electron chi connectivity index (χ2n) is 2.53. The Kier molecular flexibility index (Phi) is 3.82. The highest BCUT2D eigenvalue weighted by molar-refractivity contribution is 6.29. The van der Waals surface area contributed by atoms with Crippen LogP contribution in [0.3, 0.4) is 0 Å². The van der Waals surface area contributed by atoms with Crippen molar-refractivity contribution in [2.24, 2.45) is 0 Å². The van der Waals surface area contributed by atoms with Gasteiger partial charge in [-0.05, 0) is 12.1 Å². The quantitative estimate of drug-likeness (QED) is 0.602. The molecule has 1 aromatic rings. The molecule has 0 bridgehead atoms. The molecule has 2 N–H and O–H groups in total. The number of halogens is 1. The van der Waals surface area contributed by atoms with Crippen molar-refractivity contribution in [3.8, 4) is 0 Å². The first kappa shape index (κ1) is 11.2. The van der Waals surface area contributed by atoms with Gasteiger partial charge in [-0.15, -0.1) is 0 Å². The Bertz CT molecular complexity index is 418. The third-order valence-corrected chi connectivity index (χ3v) is 1.58. The van der Waals surface area contributed by atoms with Gasteiger partial charge in [-0.2, -0.15) is 0 Å². The first-order valence-electron chi connectivity index (χ1n) is 3.91. The number of nitrogens with zero attached hydrogens (tertiary/aromatic N) is 1. The van der Waals surface area contributed by atoms with Crippen LogP contribution in [-0.4, -0.2) is 22.0 Å². The van der Waals surface area contributed by atoms with Gasteiger partial charge in [0, 0.05) is 24.0 Å². The van der Waals surface area contributed by atoms with Gasteiger partial charge in [-0.3, -0.25) is 4.79 Å². The largest absolute Gasteiger partial charge is 0.478 e. The van der Waals surface area contributed by atoms with Crippen LogP contribution in [0.1, 0.15) is 0 Å². The molecule has 1 aromatic heterocycles. The first-order valence-corrected chi connectivity index (χ1v) is 4.29. The van der Waals surface area contributed by atoms with Crippen LogP contribution in [0.2, 0.25) is 5.15 Å². The standard InChI is InChI=1S/C9H7ClN2O3/c10-7-5-6(3-4-11-7)12-8(13)1-2-9(14)15/h1-5H,(H,14,15)(H,11,12,13)/b2-1-. The number of pyridine rings is 1. The van der Waals surface area contributed by atoms with E-state index in [0.29, 0.717) is 5.69 Å². The Labute approximate surface area is 90.4 Å². The number of nitrogens with one attached hydrogen (secondary N) is 1. The molecule has 0 spiro atoms. The number of anilines is 1. The monoisotopic (exact) mass is 226 g/mol. The highest BCUT2D eigenvalue weighted by Gasteiger charge is 1.99. The predicted octanol–water partition coefficient (Wildman–Crippen LogP) is 1.31. The molecular weight excluding hydrogens is 220 g/mol. The Morgan fingerprint density at radius 1 is 1.47 bits per heavy atom. The molecule has 1 heterocycles.